The fourth-order valence-corrected chi connectivity index (χ4v) is 1.88. The van der Waals surface area contributed by atoms with E-state index in [-0.39, 0.29) is 0 Å². The molecule has 0 saturated heterocycles. The maximum atomic E-state index is 11.7. The van der Waals surface area contributed by atoms with Crippen molar-refractivity contribution < 1.29 is 0 Å². The lowest BCUT2D eigenvalue weighted by Gasteiger charge is -2.15. The first-order valence-corrected chi connectivity index (χ1v) is 6.91. The van der Waals surface area contributed by atoms with Crippen molar-refractivity contribution in [1.29, 1.82) is 0 Å². The highest BCUT2D eigenvalue weighted by molar-refractivity contribution is 4.84. The molecule has 0 amide bonds. The predicted molar refractivity (Wildman–Crippen MR) is 77.5 cm³/mol. The van der Waals surface area contributed by atoms with Gasteiger partial charge in [-0.25, -0.2) is 0 Å². The standard InChI is InChI=1S/C14H25N3O2/c1-11(2)5-6-12(3)15-7-8-17-10-9-16(4)13(18)14(17)19/h9-12,15H,5-8H2,1-4H3. The fraction of sp³-hybridized carbons (Fsp3) is 0.714. The zero-order valence-electron chi connectivity index (χ0n) is 12.3. The SMILES string of the molecule is CC(C)CCC(C)NCCn1ccn(C)c(=O)c1=O. The minimum absolute atomic E-state index is 0.435. The summed E-state index contributed by atoms with van der Waals surface area (Å²) >= 11 is 0. The monoisotopic (exact) mass is 267 g/mol. The van der Waals surface area contributed by atoms with Gasteiger partial charge in [-0.2, -0.15) is 0 Å². The van der Waals surface area contributed by atoms with E-state index in [0.29, 0.717) is 25.0 Å². The summed E-state index contributed by atoms with van der Waals surface area (Å²) in [5, 5.41) is 3.38. The molecule has 1 unspecified atom stereocenters. The molecule has 1 aromatic rings. The van der Waals surface area contributed by atoms with E-state index in [1.54, 1.807) is 19.4 Å². The Hall–Kier alpha value is -1.36. The minimum atomic E-state index is -0.477. The highest BCUT2D eigenvalue weighted by atomic mass is 16.2. The molecule has 0 bridgehead atoms. The summed E-state index contributed by atoms with van der Waals surface area (Å²) in [5.41, 5.74) is -0.933. The number of hydrogen-bond acceptors (Lipinski definition) is 3. The Kier molecular flexibility index (Phi) is 6.02. The first kappa shape index (κ1) is 15.7. The van der Waals surface area contributed by atoms with Gasteiger partial charge in [0.2, 0.25) is 0 Å². The molecule has 0 aromatic carbocycles. The van der Waals surface area contributed by atoms with E-state index in [4.69, 9.17) is 0 Å². The first-order valence-electron chi connectivity index (χ1n) is 6.91. The second kappa shape index (κ2) is 7.28. The van der Waals surface area contributed by atoms with E-state index in [1.807, 2.05) is 0 Å². The average molecular weight is 267 g/mol. The zero-order valence-corrected chi connectivity index (χ0v) is 12.3. The van der Waals surface area contributed by atoms with E-state index in [1.165, 1.54) is 15.6 Å². The number of aryl methyl sites for hydroxylation is 1. The molecule has 1 heterocycles. The van der Waals surface area contributed by atoms with Gasteiger partial charge in [0.05, 0.1) is 0 Å². The van der Waals surface area contributed by atoms with Gasteiger partial charge in [0, 0.05) is 38.6 Å². The Morgan fingerprint density at radius 1 is 1.11 bits per heavy atom. The van der Waals surface area contributed by atoms with Crippen molar-refractivity contribution in [2.45, 2.75) is 46.2 Å². The molecule has 1 rings (SSSR count). The van der Waals surface area contributed by atoms with E-state index < -0.39 is 11.1 Å². The zero-order chi connectivity index (χ0) is 14.4. The van der Waals surface area contributed by atoms with Gasteiger partial charge in [-0.3, -0.25) is 9.59 Å². The Labute approximate surface area is 114 Å². The van der Waals surface area contributed by atoms with Crippen molar-refractivity contribution in [3.8, 4) is 0 Å². The van der Waals surface area contributed by atoms with Crippen LogP contribution in [0.3, 0.4) is 0 Å². The first-order chi connectivity index (χ1) is 8.91. The molecule has 0 radical (unpaired) electrons. The molecule has 5 heteroatoms. The molecule has 0 saturated carbocycles. The van der Waals surface area contributed by atoms with Crippen LogP contribution in [-0.4, -0.2) is 21.7 Å². The summed E-state index contributed by atoms with van der Waals surface area (Å²) in [6.07, 6.45) is 5.60. The number of nitrogens with one attached hydrogen (secondary N) is 1. The molecule has 0 fully saturated rings. The lowest BCUT2D eigenvalue weighted by molar-refractivity contribution is 0.438. The molecule has 1 N–H and O–H groups in total. The van der Waals surface area contributed by atoms with Crippen LogP contribution in [0.25, 0.3) is 0 Å². The quantitative estimate of drug-likeness (QED) is 0.749. The van der Waals surface area contributed by atoms with Gasteiger partial charge in [-0.15, -0.1) is 0 Å². The van der Waals surface area contributed by atoms with Gasteiger partial charge in [0.15, 0.2) is 0 Å². The largest absolute Gasteiger partial charge is 0.316 e. The molecule has 0 aliphatic carbocycles. The van der Waals surface area contributed by atoms with Gasteiger partial charge < -0.3 is 14.5 Å². The average Bonchev–Trinajstić information content (AvgIpc) is 2.36. The van der Waals surface area contributed by atoms with Gasteiger partial charge in [-0.1, -0.05) is 13.8 Å². The number of aromatic nitrogens is 2. The van der Waals surface area contributed by atoms with E-state index in [9.17, 15) is 9.59 Å². The van der Waals surface area contributed by atoms with Crippen LogP contribution in [0.4, 0.5) is 0 Å². The second-order valence-electron chi connectivity index (χ2n) is 5.54. The molecular formula is C14H25N3O2. The molecule has 1 atom stereocenters. The summed E-state index contributed by atoms with van der Waals surface area (Å²) in [7, 11) is 1.58. The normalized spacial score (nSPS) is 12.9. The molecule has 108 valence electrons. The number of nitrogens with zero attached hydrogens (tertiary/aromatic N) is 2. The molecular weight excluding hydrogens is 242 g/mol. The van der Waals surface area contributed by atoms with Crippen molar-refractivity contribution in [3.05, 3.63) is 33.1 Å². The summed E-state index contributed by atoms with van der Waals surface area (Å²) < 4.78 is 2.77. The van der Waals surface area contributed by atoms with Crippen LogP contribution in [0.5, 0.6) is 0 Å². The smallest absolute Gasteiger partial charge is 0.312 e. The van der Waals surface area contributed by atoms with Crippen molar-refractivity contribution in [2.75, 3.05) is 6.54 Å². The van der Waals surface area contributed by atoms with Crippen molar-refractivity contribution in [3.63, 3.8) is 0 Å². The van der Waals surface area contributed by atoms with Gasteiger partial charge in [0.1, 0.15) is 0 Å². The topological polar surface area (TPSA) is 56.0 Å². The van der Waals surface area contributed by atoms with Crippen LogP contribution < -0.4 is 16.4 Å². The third-order valence-electron chi connectivity index (χ3n) is 3.26. The molecule has 0 spiro atoms. The molecule has 19 heavy (non-hydrogen) atoms. The fourth-order valence-electron chi connectivity index (χ4n) is 1.88. The number of hydrogen-bond donors (Lipinski definition) is 1. The summed E-state index contributed by atoms with van der Waals surface area (Å²) in [4.78, 5) is 23.2. The lowest BCUT2D eigenvalue weighted by atomic mass is 10.0. The van der Waals surface area contributed by atoms with E-state index in [2.05, 4.69) is 26.1 Å². The third-order valence-corrected chi connectivity index (χ3v) is 3.26. The molecule has 0 aliphatic rings. The van der Waals surface area contributed by atoms with Crippen LogP contribution in [0.1, 0.15) is 33.6 Å². The Morgan fingerprint density at radius 3 is 2.42 bits per heavy atom. The Bertz CT molecular complexity index is 502. The molecule has 5 nitrogen and oxygen atoms in total. The van der Waals surface area contributed by atoms with Gasteiger partial charge >= 0.3 is 11.1 Å². The molecule has 0 aliphatic heterocycles. The van der Waals surface area contributed by atoms with Crippen LogP contribution in [0.15, 0.2) is 22.0 Å². The summed E-state index contributed by atoms with van der Waals surface area (Å²) in [6.45, 7) is 7.81. The van der Waals surface area contributed by atoms with Crippen LogP contribution in [-0.2, 0) is 13.6 Å². The van der Waals surface area contributed by atoms with Crippen LogP contribution in [0.2, 0.25) is 0 Å². The maximum Gasteiger partial charge on any atom is 0.316 e. The van der Waals surface area contributed by atoms with Crippen LogP contribution >= 0.6 is 0 Å². The maximum absolute atomic E-state index is 11.7. The number of rotatable bonds is 7. The summed E-state index contributed by atoms with van der Waals surface area (Å²) in [5.74, 6) is 0.712. The highest BCUT2D eigenvalue weighted by Crippen LogP contribution is 2.05. The van der Waals surface area contributed by atoms with Crippen molar-refractivity contribution in [2.24, 2.45) is 13.0 Å². The lowest BCUT2D eigenvalue weighted by Crippen LogP contribution is -2.41. The third kappa shape index (κ3) is 5.03. The summed E-state index contributed by atoms with van der Waals surface area (Å²) in [6, 6.07) is 0.435. The molecule has 1 aromatic heterocycles. The van der Waals surface area contributed by atoms with Crippen LogP contribution in [0, 0.1) is 5.92 Å². The minimum Gasteiger partial charge on any atom is -0.312 e. The highest BCUT2D eigenvalue weighted by Gasteiger charge is 2.05. The van der Waals surface area contributed by atoms with Crippen molar-refractivity contribution in [1.82, 2.24) is 14.5 Å². The van der Waals surface area contributed by atoms with Crippen molar-refractivity contribution >= 4 is 0 Å². The predicted octanol–water partition coefficient (Wildman–Crippen LogP) is 0.961. The van der Waals surface area contributed by atoms with E-state index in [0.717, 1.165) is 6.42 Å². The Morgan fingerprint density at radius 2 is 1.79 bits per heavy atom. The second-order valence-corrected chi connectivity index (χ2v) is 5.54. The van der Waals surface area contributed by atoms with Gasteiger partial charge in [-0.05, 0) is 25.7 Å². The van der Waals surface area contributed by atoms with Gasteiger partial charge in [0.25, 0.3) is 0 Å². The van der Waals surface area contributed by atoms with E-state index >= 15 is 0 Å². The Balaban J connectivity index is 2.44.